The summed E-state index contributed by atoms with van der Waals surface area (Å²) in [5.41, 5.74) is 1.40. The highest BCUT2D eigenvalue weighted by Gasteiger charge is 2.27. The number of benzene rings is 2. The van der Waals surface area contributed by atoms with Gasteiger partial charge >= 0.3 is 0 Å². The van der Waals surface area contributed by atoms with Crippen molar-refractivity contribution in [3.63, 3.8) is 0 Å². The number of anilines is 1. The molecule has 0 bridgehead atoms. The topological polar surface area (TPSA) is 50.4 Å². The minimum Gasteiger partial charge on any atom is -0.495 e. The van der Waals surface area contributed by atoms with Crippen LogP contribution in [-0.2, 0) is 4.79 Å². The van der Waals surface area contributed by atoms with Crippen LogP contribution in [-0.4, -0.2) is 18.5 Å². The van der Waals surface area contributed by atoms with Crippen LogP contribution in [0.2, 0.25) is 5.02 Å². The van der Waals surface area contributed by atoms with Crippen LogP contribution < -0.4 is 15.4 Å². The van der Waals surface area contributed by atoms with E-state index in [1.165, 1.54) is 11.8 Å². The normalized spacial score (nSPS) is 18.5. The van der Waals surface area contributed by atoms with E-state index in [1.54, 1.807) is 25.3 Å². The summed E-state index contributed by atoms with van der Waals surface area (Å²) >= 11 is 10.9. The Morgan fingerprint density at radius 3 is 2.92 bits per heavy atom. The van der Waals surface area contributed by atoms with Crippen molar-refractivity contribution in [3.8, 4) is 5.75 Å². The van der Waals surface area contributed by atoms with E-state index < -0.39 is 0 Å². The van der Waals surface area contributed by atoms with Gasteiger partial charge in [-0.25, -0.2) is 0 Å². The number of hydrogen-bond donors (Lipinski definition) is 2. The molecule has 1 heterocycles. The number of carbonyl (C=O) groups excluding carboxylic acids is 1. The fourth-order valence-corrected chi connectivity index (χ4v) is 3.81. The third-order valence-corrected chi connectivity index (χ3v) is 5.08. The van der Waals surface area contributed by atoms with Gasteiger partial charge < -0.3 is 15.4 Å². The molecule has 1 aliphatic rings. The summed E-state index contributed by atoms with van der Waals surface area (Å²) in [6.07, 6.45) is 1.86. The first-order valence-corrected chi connectivity index (χ1v) is 9.15. The maximum absolute atomic E-state index is 12.2. The first kappa shape index (κ1) is 17.2. The molecule has 1 aliphatic heterocycles. The van der Waals surface area contributed by atoms with E-state index in [0.717, 1.165) is 15.7 Å². The summed E-state index contributed by atoms with van der Waals surface area (Å²) in [4.78, 5) is 12.8. The first-order valence-electron chi connectivity index (χ1n) is 7.10. The molecular formula is C17H14BrClN2O2S. The molecule has 1 amide bonds. The van der Waals surface area contributed by atoms with Gasteiger partial charge in [0.2, 0.25) is 0 Å². The molecule has 24 heavy (non-hydrogen) atoms. The second kappa shape index (κ2) is 7.51. The molecule has 1 fully saturated rings. The molecule has 124 valence electrons. The second-order valence-corrected chi connectivity index (χ2v) is 7.52. The van der Waals surface area contributed by atoms with E-state index in [4.69, 9.17) is 16.3 Å². The fraction of sp³-hybridized carbons (Fsp3) is 0.118. The predicted octanol–water partition coefficient (Wildman–Crippen LogP) is 4.71. The van der Waals surface area contributed by atoms with Crippen molar-refractivity contribution in [1.29, 1.82) is 0 Å². The molecule has 1 unspecified atom stereocenters. The van der Waals surface area contributed by atoms with Gasteiger partial charge in [0.15, 0.2) is 5.50 Å². The van der Waals surface area contributed by atoms with Crippen molar-refractivity contribution < 1.29 is 9.53 Å². The third kappa shape index (κ3) is 4.06. The number of thioether (sulfide) groups is 1. The lowest BCUT2D eigenvalue weighted by Crippen LogP contribution is -2.31. The molecule has 0 saturated carbocycles. The van der Waals surface area contributed by atoms with Crippen LogP contribution in [0.5, 0.6) is 5.75 Å². The molecule has 1 atom stereocenters. The van der Waals surface area contributed by atoms with Crippen molar-refractivity contribution in [1.82, 2.24) is 5.32 Å². The summed E-state index contributed by atoms with van der Waals surface area (Å²) in [5, 5.41) is 6.72. The van der Waals surface area contributed by atoms with Gasteiger partial charge in [0.25, 0.3) is 5.91 Å². The first-order chi connectivity index (χ1) is 11.5. The largest absolute Gasteiger partial charge is 0.495 e. The maximum Gasteiger partial charge on any atom is 0.260 e. The van der Waals surface area contributed by atoms with Crippen LogP contribution in [0, 0.1) is 0 Å². The number of ether oxygens (including phenoxy) is 1. The smallest absolute Gasteiger partial charge is 0.260 e. The molecule has 2 aromatic carbocycles. The Balaban J connectivity index is 1.77. The Kier molecular flexibility index (Phi) is 5.38. The summed E-state index contributed by atoms with van der Waals surface area (Å²) in [5.74, 6) is 0.553. The van der Waals surface area contributed by atoms with Gasteiger partial charge in [0, 0.05) is 9.50 Å². The Morgan fingerprint density at radius 2 is 2.17 bits per heavy atom. The van der Waals surface area contributed by atoms with Crippen LogP contribution in [0.4, 0.5) is 5.69 Å². The SMILES string of the molecule is COc1ccc(Cl)cc1NC1NC(=O)/C(=C/c2cccc(Br)c2)S1. The van der Waals surface area contributed by atoms with E-state index >= 15 is 0 Å². The van der Waals surface area contributed by atoms with Gasteiger partial charge in [0.05, 0.1) is 17.7 Å². The molecule has 0 aliphatic carbocycles. The number of halogens is 2. The molecule has 0 spiro atoms. The average Bonchev–Trinajstić information content (AvgIpc) is 2.87. The van der Waals surface area contributed by atoms with Crippen molar-refractivity contribution >= 4 is 57.0 Å². The van der Waals surface area contributed by atoms with Crippen molar-refractivity contribution in [2.45, 2.75) is 5.50 Å². The molecule has 3 rings (SSSR count). The number of nitrogens with one attached hydrogen (secondary N) is 2. The summed E-state index contributed by atoms with van der Waals surface area (Å²) in [6.45, 7) is 0. The quantitative estimate of drug-likeness (QED) is 0.697. The fourth-order valence-electron chi connectivity index (χ4n) is 2.25. The molecule has 0 radical (unpaired) electrons. The Hall–Kier alpha value is -1.63. The van der Waals surface area contributed by atoms with Crippen LogP contribution in [0.3, 0.4) is 0 Å². The van der Waals surface area contributed by atoms with Gasteiger partial charge in [0.1, 0.15) is 5.75 Å². The van der Waals surface area contributed by atoms with Crippen LogP contribution in [0.15, 0.2) is 51.8 Å². The Morgan fingerprint density at radius 1 is 1.33 bits per heavy atom. The lowest BCUT2D eigenvalue weighted by molar-refractivity contribution is -0.116. The zero-order chi connectivity index (χ0) is 17.1. The highest BCUT2D eigenvalue weighted by molar-refractivity contribution is 9.10. The molecular weight excluding hydrogens is 412 g/mol. The minimum absolute atomic E-state index is 0.113. The second-order valence-electron chi connectivity index (χ2n) is 5.02. The number of rotatable bonds is 4. The molecule has 7 heteroatoms. The molecule has 4 nitrogen and oxygen atoms in total. The number of amides is 1. The Bertz CT molecular complexity index is 813. The zero-order valence-corrected chi connectivity index (χ0v) is 15.8. The monoisotopic (exact) mass is 424 g/mol. The lowest BCUT2D eigenvalue weighted by atomic mass is 10.2. The van der Waals surface area contributed by atoms with Crippen molar-refractivity contribution in [2.75, 3.05) is 12.4 Å². The van der Waals surface area contributed by atoms with E-state index in [-0.39, 0.29) is 11.4 Å². The van der Waals surface area contributed by atoms with Crippen molar-refractivity contribution in [3.05, 3.63) is 62.4 Å². The van der Waals surface area contributed by atoms with Crippen LogP contribution in [0.25, 0.3) is 6.08 Å². The third-order valence-electron chi connectivity index (χ3n) is 3.33. The van der Waals surface area contributed by atoms with Gasteiger partial charge in [-0.15, -0.1) is 0 Å². The zero-order valence-electron chi connectivity index (χ0n) is 12.7. The summed E-state index contributed by atoms with van der Waals surface area (Å²) in [6, 6.07) is 13.1. The van der Waals surface area contributed by atoms with Crippen LogP contribution in [0.1, 0.15) is 5.56 Å². The lowest BCUT2D eigenvalue weighted by Gasteiger charge is -2.15. The average molecular weight is 426 g/mol. The van der Waals surface area contributed by atoms with Crippen molar-refractivity contribution in [2.24, 2.45) is 0 Å². The van der Waals surface area contributed by atoms with Gasteiger partial charge in [-0.3, -0.25) is 4.79 Å². The van der Waals surface area contributed by atoms with E-state index in [9.17, 15) is 4.79 Å². The number of carbonyl (C=O) groups is 1. The number of methoxy groups -OCH3 is 1. The minimum atomic E-state index is -0.289. The summed E-state index contributed by atoms with van der Waals surface area (Å²) < 4.78 is 6.28. The standard InChI is InChI=1S/C17H14BrClN2O2S/c1-23-14-6-5-12(19)9-13(14)20-17-21-16(22)15(24-17)8-10-3-2-4-11(18)7-10/h2-9,17,20H,1H3,(H,21,22)/b15-8-. The molecule has 2 aromatic rings. The predicted molar refractivity (Wildman–Crippen MR) is 103 cm³/mol. The number of hydrogen-bond acceptors (Lipinski definition) is 4. The highest BCUT2D eigenvalue weighted by Crippen LogP contribution is 2.34. The van der Waals surface area contributed by atoms with Gasteiger partial charge in [-0.2, -0.15) is 0 Å². The van der Waals surface area contributed by atoms with Gasteiger partial charge in [-0.05, 0) is 42.0 Å². The highest BCUT2D eigenvalue weighted by atomic mass is 79.9. The Labute approximate surface area is 157 Å². The molecule has 0 aromatic heterocycles. The summed E-state index contributed by atoms with van der Waals surface area (Å²) in [7, 11) is 1.59. The molecule has 2 N–H and O–H groups in total. The van der Waals surface area contributed by atoms with E-state index in [1.807, 2.05) is 30.3 Å². The maximum atomic E-state index is 12.2. The molecule has 1 saturated heterocycles. The van der Waals surface area contributed by atoms with Crippen LogP contribution >= 0.6 is 39.3 Å². The van der Waals surface area contributed by atoms with E-state index in [0.29, 0.717) is 15.7 Å². The van der Waals surface area contributed by atoms with E-state index in [2.05, 4.69) is 26.6 Å². The van der Waals surface area contributed by atoms with Gasteiger partial charge in [-0.1, -0.05) is 51.4 Å².